The van der Waals surface area contributed by atoms with Crippen molar-refractivity contribution in [2.45, 2.75) is 46.3 Å². The molecule has 1 atom stereocenters. The van der Waals surface area contributed by atoms with Crippen LogP contribution in [0.15, 0.2) is 73.1 Å². The molecule has 3 aromatic heterocycles. The van der Waals surface area contributed by atoms with Crippen molar-refractivity contribution in [3.8, 4) is 32.8 Å². The van der Waals surface area contributed by atoms with E-state index in [0.29, 0.717) is 5.02 Å². The maximum Gasteiger partial charge on any atom is 0.163 e. The lowest BCUT2D eigenvalue weighted by Gasteiger charge is -2.29. The number of fused-ring (bicyclic) bond motifs is 2. The zero-order chi connectivity index (χ0) is 29.8. The Kier molecular flexibility index (Phi) is 7.21. The number of ketones is 1. The van der Waals surface area contributed by atoms with E-state index in [2.05, 4.69) is 40.4 Å². The number of aromatic nitrogens is 4. The van der Waals surface area contributed by atoms with E-state index in [-0.39, 0.29) is 5.78 Å². The van der Waals surface area contributed by atoms with E-state index in [4.69, 9.17) is 21.3 Å². The maximum atomic E-state index is 13.1. The van der Waals surface area contributed by atoms with Crippen molar-refractivity contribution in [2.75, 3.05) is 0 Å². The number of aryl methyl sites for hydroxylation is 2. The monoisotopic (exact) mass is 594 g/mol. The lowest BCUT2D eigenvalue weighted by molar-refractivity contribution is -0.138. The predicted molar refractivity (Wildman–Crippen MR) is 172 cm³/mol. The summed E-state index contributed by atoms with van der Waals surface area (Å²) in [6, 6.07) is 20.3. The summed E-state index contributed by atoms with van der Waals surface area (Å²) in [5.74, 6) is -0.0426. The van der Waals surface area contributed by atoms with E-state index in [0.717, 1.165) is 65.2 Å². The van der Waals surface area contributed by atoms with Crippen LogP contribution in [0.5, 0.6) is 0 Å². The lowest BCUT2D eigenvalue weighted by atomic mass is 9.90. The van der Waals surface area contributed by atoms with E-state index in [1.54, 1.807) is 24.5 Å². The number of ether oxygens (including phenoxy) is 1. The minimum absolute atomic E-state index is 0.0426. The van der Waals surface area contributed by atoms with Crippen LogP contribution in [0.4, 0.5) is 0 Å². The Morgan fingerprint density at radius 2 is 1.69 bits per heavy atom. The molecule has 212 valence electrons. The highest BCUT2D eigenvalue weighted by Gasteiger charge is 2.30. The topological polar surface area (TPSA) is 69.9 Å². The first-order valence-corrected chi connectivity index (χ1v) is 14.9. The molecule has 6 nitrogen and oxygen atoms in total. The van der Waals surface area contributed by atoms with Gasteiger partial charge >= 0.3 is 0 Å². The van der Waals surface area contributed by atoms with Crippen molar-refractivity contribution >= 4 is 50.0 Å². The van der Waals surface area contributed by atoms with Gasteiger partial charge in [0.15, 0.2) is 5.78 Å². The fourth-order valence-electron chi connectivity index (χ4n) is 5.29. The van der Waals surface area contributed by atoms with Crippen LogP contribution in [0.2, 0.25) is 5.02 Å². The van der Waals surface area contributed by atoms with Crippen molar-refractivity contribution in [2.24, 2.45) is 7.05 Å². The molecule has 42 heavy (non-hydrogen) atoms. The summed E-state index contributed by atoms with van der Waals surface area (Å²) in [4.78, 5) is 22.8. The van der Waals surface area contributed by atoms with Gasteiger partial charge in [0.2, 0.25) is 0 Å². The molecule has 0 N–H and O–H groups in total. The third-order valence-electron chi connectivity index (χ3n) is 7.21. The van der Waals surface area contributed by atoms with Gasteiger partial charge in [-0.05, 0) is 81.6 Å². The van der Waals surface area contributed by atoms with E-state index in [1.807, 2.05) is 76.0 Å². The second-order valence-electron chi connectivity index (χ2n) is 11.6. The van der Waals surface area contributed by atoms with E-state index < -0.39 is 11.7 Å². The number of halogens is 1. The standard InChI is InChI=1S/C34H31ClN4O2S/c1-19-14-26-32(30(21-10-12-25(35)13-11-21)29(19)31(20(2)40)41-34(3,4)5)42-33(38-26)23-9-7-8-22(15-23)24-16-28-27(36-17-24)18-37-39(28)6/h7-18,31H,1-6H3/t31-/m1/s1. The number of carbonyl (C=O) groups is 1. The molecule has 0 fully saturated rings. The van der Waals surface area contributed by atoms with Crippen LogP contribution in [0, 0.1) is 6.92 Å². The zero-order valence-corrected chi connectivity index (χ0v) is 26.0. The summed E-state index contributed by atoms with van der Waals surface area (Å²) in [5.41, 5.74) is 9.02. The van der Waals surface area contributed by atoms with Gasteiger partial charge in [-0.25, -0.2) is 4.98 Å². The smallest absolute Gasteiger partial charge is 0.163 e. The summed E-state index contributed by atoms with van der Waals surface area (Å²) in [5, 5.41) is 5.87. The number of Topliss-reactive ketones (excluding diaryl/α,β-unsaturated/α-hetero) is 1. The molecular formula is C34H31ClN4O2S. The molecule has 0 saturated carbocycles. The molecule has 0 unspecified atom stereocenters. The Balaban J connectivity index is 1.53. The fourth-order valence-corrected chi connectivity index (χ4v) is 6.54. The summed E-state index contributed by atoms with van der Waals surface area (Å²) in [6.07, 6.45) is 2.93. The lowest BCUT2D eigenvalue weighted by Crippen LogP contribution is -2.27. The highest BCUT2D eigenvalue weighted by Crippen LogP contribution is 2.44. The minimum Gasteiger partial charge on any atom is -0.360 e. The van der Waals surface area contributed by atoms with Crippen molar-refractivity contribution in [3.05, 3.63) is 89.2 Å². The molecule has 3 heterocycles. The predicted octanol–water partition coefficient (Wildman–Crippen LogP) is 8.99. The second kappa shape index (κ2) is 10.7. The Labute approximate surface area is 254 Å². The zero-order valence-electron chi connectivity index (χ0n) is 24.4. The Bertz CT molecular complexity index is 1970. The number of hydrogen-bond acceptors (Lipinski definition) is 6. The Morgan fingerprint density at radius 1 is 0.952 bits per heavy atom. The molecule has 6 rings (SSSR count). The largest absolute Gasteiger partial charge is 0.360 e. The molecule has 0 bridgehead atoms. The first kappa shape index (κ1) is 28.2. The van der Waals surface area contributed by atoms with Crippen LogP contribution in [-0.4, -0.2) is 31.1 Å². The molecule has 0 amide bonds. The third kappa shape index (κ3) is 5.36. The van der Waals surface area contributed by atoms with Crippen LogP contribution < -0.4 is 0 Å². The van der Waals surface area contributed by atoms with Gasteiger partial charge in [-0.1, -0.05) is 41.9 Å². The number of benzene rings is 3. The molecule has 0 aliphatic heterocycles. The van der Waals surface area contributed by atoms with Crippen molar-refractivity contribution < 1.29 is 9.53 Å². The second-order valence-corrected chi connectivity index (χ2v) is 13.0. The number of carbonyl (C=O) groups excluding carboxylic acids is 1. The third-order valence-corrected chi connectivity index (χ3v) is 8.60. The van der Waals surface area contributed by atoms with Gasteiger partial charge in [-0.15, -0.1) is 11.3 Å². The van der Waals surface area contributed by atoms with Crippen LogP contribution in [0.3, 0.4) is 0 Å². The molecule has 8 heteroatoms. The fraction of sp³-hybridized carbons (Fsp3) is 0.235. The number of hydrogen-bond donors (Lipinski definition) is 0. The van der Waals surface area contributed by atoms with Crippen molar-refractivity contribution in [3.63, 3.8) is 0 Å². The minimum atomic E-state index is -0.719. The average molecular weight is 595 g/mol. The summed E-state index contributed by atoms with van der Waals surface area (Å²) >= 11 is 7.89. The molecule has 0 saturated heterocycles. The molecule has 0 spiro atoms. The van der Waals surface area contributed by atoms with E-state index in [1.165, 1.54) is 0 Å². The first-order valence-electron chi connectivity index (χ1n) is 13.8. The molecule has 6 aromatic rings. The van der Waals surface area contributed by atoms with Gasteiger partial charge in [0.1, 0.15) is 16.6 Å². The number of thiazole rings is 1. The van der Waals surface area contributed by atoms with E-state index in [9.17, 15) is 4.79 Å². The molecule has 0 aliphatic carbocycles. The summed E-state index contributed by atoms with van der Waals surface area (Å²) in [7, 11) is 1.92. The van der Waals surface area contributed by atoms with Gasteiger partial charge in [0.25, 0.3) is 0 Å². The van der Waals surface area contributed by atoms with Crippen molar-refractivity contribution in [1.29, 1.82) is 0 Å². The number of pyridine rings is 1. The van der Waals surface area contributed by atoms with Crippen molar-refractivity contribution in [1.82, 2.24) is 19.7 Å². The first-order chi connectivity index (χ1) is 20.0. The molecular weight excluding hydrogens is 564 g/mol. The number of rotatable bonds is 6. The van der Waals surface area contributed by atoms with Crippen LogP contribution in [0.1, 0.15) is 44.9 Å². The van der Waals surface area contributed by atoms with Gasteiger partial charge in [0, 0.05) is 40.5 Å². The maximum absolute atomic E-state index is 13.1. The molecule has 3 aromatic carbocycles. The normalized spacial score (nSPS) is 12.7. The van der Waals surface area contributed by atoms with Gasteiger partial charge in [-0.3, -0.25) is 14.5 Å². The Hall–Kier alpha value is -3.91. The summed E-state index contributed by atoms with van der Waals surface area (Å²) < 4.78 is 9.22. The van der Waals surface area contributed by atoms with Gasteiger partial charge in [0.05, 0.1) is 27.5 Å². The average Bonchev–Trinajstić information content (AvgIpc) is 3.54. The van der Waals surface area contributed by atoms with Gasteiger partial charge < -0.3 is 4.74 Å². The van der Waals surface area contributed by atoms with Crippen LogP contribution in [-0.2, 0) is 16.6 Å². The number of nitrogens with zero attached hydrogens (tertiary/aromatic N) is 4. The summed E-state index contributed by atoms with van der Waals surface area (Å²) in [6.45, 7) is 9.53. The van der Waals surface area contributed by atoms with Gasteiger partial charge in [-0.2, -0.15) is 5.10 Å². The Morgan fingerprint density at radius 3 is 2.40 bits per heavy atom. The van der Waals surface area contributed by atoms with E-state index >= 15 is 0 Å². The molecule has 0 radical (unpaired) electrons. The van der Waals surface area contributed by atoms with Crippen LogP contribution in [0.25, 0.3) is 54.1 Å². The quantitative estimate of drug-likeness (QED) is 0.192. The van der Waals surface area contributed by atoms with Crippen LogP contribution >= 0.6 is 22.9 Å². The SMILES string of the molecule is CC(=O)[C@@H](OC(C)(C)C)c1c(C)cc2nc(-c3cccc(-c4cnc5cnn(C)c5c4)c3)sc2c1-c1ccc(Cl)cc1. The highest BCUT2D eigenvalue weighted by molar-refractivity contribution is 7.22. The highest BCUT2D eigenvalue weighted by atomic mass is 35.5. The molecule has 0 aliphatic rings.